The van der Waals surface area contributed by atoms with Crippen LogP contribution in [-0.2, 0) is 11.3 Å². The van der Waals surface area contributed by atoms with Crippen LogP contribution in [0.25, 0.3) is 0 Å². The molecule has 0 aliphatic carbocycles. The molecule has 4 rings (SSSR count). The van der Waals surface area contributed by atoms with Crippen LogP contribution in [0.15, 0.2) is 48.5 Å². The molecule has 2 aliphatic heterocycles. The number of urea groups is 1. The first kappa shape index (κ1) is 21.5. The van der Waals surface area contributed by atoms with E-state index in [-0.39, 0.29) is 18.6 Å². The van der Waals surface area contributed by atoms with Crippen LogP contribution in [0.2, 0.25) is 5.02 Å². The summed E-state index contributed by atoms with van der Waals surface area (Å²) >= 11 is 5.96. The largest absolute Gasteiger partial charge is 0.482 e. The Hall–Kier alpha value is -2.77. The monoisotopic (exact) mass is 442 g/mol. The number of primary amides is 1. The molecule has 2 aromatic rings. The zero-order valence-corrected chi connectivity index (χ0v) is 18.0. The van der Waals surface area contributed by atoms with Crippen molar-refractivity contribution < 1.29 is 14.3 Å². The molecule has 164 valence electrons. The zero-order chi connectivity index (χ0) is 21.8. The number of rotatable bonds is 7. The number of hydrogen-bond donors (Lipinski definition) is 3. The molecule has 2 aromatic carbocycles. The normalized spacial score (nSPS) is 22.7. The highest BCUT2D eigenvalue weighted by atomic mass is 35.5. The molecule has 2 fully saturated rings. The second kappa shape index (κ2) is 9.58. The lowest BCUT2D eigenvalue weighted by Crippen LogP contribution is -2.50. The molecule has 2 aliphatic rings. The van der Waals surface area contributed by atoms with Gasteiger partial charge in [0.05, 0.1) is 5.69 Å². The Morgan fingerprint density at radius 2 is 1.81 bits per heavy atom. The Morgan fingerprint density at radius 1 is 1.10 bits per heavy atom. The number of piperidine rings is 1. The molecule has 31 heavy (non-hydrogen) atoms. The summed E-state index contributed by atoms with van der Waals surface area (Å²) in [5, 5.41) is 6.00. The minimum atomic E-state index is -0.727. The van der Waals surface area contributed by atoms with Crippen molar-refractivity contribution in [1.29, 1.82) is 0 Å². The summed E-state index contributed by atoms with van der Waals surface area (Å²) in [6.07, 6.45) is 4.25. The number of fused-ring (bicyclic) bond motifs is 2. The smallest absolute Gasteiger partial charge is 0.316 e. The summed E-state index contributed by atoms with van der Waals surface area (Å²) in [6, 6.07) is 15.7. The van der Waals surface area contributed by atoms with E-state index in [1.54, 1.807) is 12.1 Å². The molecule has 2 heterocycles. The van der Waals surface area contributed by atoms with Gasteiger partial charge >= 0.3 is 6.03 Å². The molecule has 0 saturated carbocycles. The summed E-state index contributed by atoms with van der Waals surface area (Å²) in [5.41, 5.74) is 6.85. The number of anilines is 1. The molecule has 3 atom stereocenters. The Morgan fingerprint density at radius 3 is 2.48 bits per heavy atom. The van der Waals surface area contributed by atoms with E-state index in [9.17, 15) is 9.59 Å². The van der Waals surface area contributed by atoms with Gasteiger partial charge in [0.1, 0.15) is 5.75 Å². The van der Waals surface area contributed by atoms with Crippen LogP contribution in [0.1, 0.15) is 31.2 Å². The van der Waals surface area contributed by atoms with E-state index in [0.29, 0.717) is 28.5 Å². The number of benzene rings is 2. The van der Waals surface area contributed by atoms with Gasteiger partial charge in [0.2, 0.25) is 0 Å². The first-order valence-corrected chi connectivity index (χ1v) is 10.9. The molecule has 8 heteroatoms. The molecule has 2 bridgehead atoms. The first-order valence-electron chi connectivity index (χ1n) is 10.6. The lowest BCUT2D eigenvalue weighted by atomic mass is 9.96. The molecular formula is C23H27ClN4O3. The number of halogens is 1. The van der Waals surface area contributed by atoms with Crippen molar-refractivity contribution in [3.05, 3.63) is 59.1 Å². The summed E-state index contributed by atoms with van der Waals surface area (Å²) < 4.78 is 5.61. The quantitative estimate of drug-likeness (QED) is 0.611. The molecule has 0 spiro atoms. The predicted molar refractivity (Wildman–Crippen MR) is 120 cm³/mol. The third-order valence-corrected chi connectivity index (χ3v) is 6.25. The van der Waals surface area contributed by atoms with Gasteiger partial charge < -0.3 is 21.1 Å². The van der Waals surface area contributed by atoms with E-state index in [4.69, 9.17) is 22.1 Å². The highest BCUT2D eigenvalue weighted by Gasteiger charge is 2.40. The fourth-order valence-corrected chi connectivity index (χ4v) is 4.89. The maximum absolute atomic E-state index is 12.5. The van der Waals surface area contributed by atoms with Crippen LogP contribution in [0, 0.1) is 0 Å². The third kappa shape index (κ3) is 5.48. The third-order valence-electron chi connectivity index (χ3n) is 6.02. The maximum atomic E-state index is 12.5. The fraction of sp³-hybridized carbons (Fsp3) is 0.391. The Kier molecular flexibility index (Phi) is 6.63. The number of ether oxygens (including phenoxy) is 1. The van der Waals surface area contributed by atoms with E-state index in [1.807, 2.05) is 6.07 Å². The first-order chi connectivity index (χ1) is 15.0. The number of nitrogens with zero attached hydrogens (tertiary/aromatic N) is 1. The average molecular weight is 443 g/mol. The van der Waals surface area contributed by atoms with Crippen molar-refractivity contribution in [2.75, 3.05) is 11.9 Å². The molecule has 2 saturated heterocycles. The van der Waals surface area contributed by atoms with E-state index in [0.717, 1.165) is 19.4 Å². The van der Waals surface area contributed by atoms with Crippen molar-refractivity contribution in [1.82, 2.24) is 10.2 Å². The summed E-state index contributed by atoms with van der Waals surface area (Å²) in [6.45, 7) is 0.820. The molecule has 0 aromatic heterocycles. The van der Waals surface area contributed by atoms with Crippen LogP contribution in [0.3, 0.4) is 0 Å². The lowest BCUT2D eigenvalue weighted by Gasteiger charge is -2.39. The van der Waals surface area contributed by atoms with Crippen LogP contribution in [-0.4, -0.2) is 41.6 Å². The van der Waals surface area contributed by atoms with Gasteiger partial charge in [-0.2, -0.15) is 0 Å². The topological polar surface area (TPSA) is 96.7 Å². The minimum Gasteiger partial charge on any atom is -0.482 e. The van der Waals surface area contributed by atoms with E-state index >= 15 is 0 Å². The molecule has 7 nitrogen and oxygen atoms in total. The molecule has 4 N–H and O–H groups in total. The van der Waals surface area contributed by atoms with Gasteiger partial charge in [0, 0.05) is 29.7 Å². The number of nitrogens with two attached hydrogens (primary N) is 1. The second-order valence-corrected chi connectivity index (χ2v) is 8.63. The minimum absolute atomic E-state index is 0.144. The highest BCUT2D eigenvalue weighted by molar-refractivity contribution is 6.31. The molecular weight excluding hydrogens is 416 g/mol. The SMILES string of the molecule is NC(=O)Nc1cc(Cl)ccc1OCC(=O)N[C@@H]1C[C@H]2CC[C@@H](C1)N2Cc1ccccc1. The molecule has 0 radical (unpaired) electrons. The number of hydrogen-bond acceptors (Lipinski definition) is 4. The number of carbonyl (C=O) groups excluding carboxylic acids is 2. The van der Waals surface area contributed by atoms with Crippen LogP contribution in [0.4, 0.5) is 10.5 Å². The zero-order valence-electron chi connectivity index (χ0n) is 17.2. The van der Waals surface area contributed by atoms with Crippen molar-refractivity contribution >= 4 is 29.2 Å². The van der Waals surface area contributed by atoms with Crippen molar-refractivity contribution in [3.63, 3.8) is 0 Å². The second-order valence-electron chi connectivity index (χ2n) is 8.20. The summed E-state index contributed by atoms with van der Waals surface area (Å²) in [5.74, 6) is 0.164. The Labute approximate surface area is 186 Å². The van der Waals surface area contributed by atoms with Crippen molar-refractivity contribution in [3.8, 4) is 5.75 Å². The van der Waals surface area contributed by atoms with Gasteiger partial charge in [-0.25, -0.2) is 4.79 Å². The van der Waals surface area contributed by atoms with Gasteiger partial charge in [-0.1, -0.05) is 41.9 Å². The van der Waals surface area contributed by atoms with E-state index < -0.39 is 6.03 Å². The number of carbonyl (C=O) groups is 2. The summed E-state index contributed by atoms with van der Waals surface area (Å²) in [7, 11) is 0. The van der Waals surface area contributed by atoms with Gasteiger partial charge in [0.25, 0.3) is 5.91 Å². The standard InChI is InChI=1S/C23H27ClN4O3/c24-16-6-9-21(20(10-16)27-23(25)30)31-14-22(29)26-17-11-18-7-8-19(12-17)28(18)13-15-4-2-1-3-5-15/h1-6,9-10,17-19H,7-8,11-14H2,(H,26,29)(H3,25,27,30)/t17-,18-,19+. The van der Waals surface area contributed by atoms with Gasteiger partial charge in [-0.05, 0) is 49.4 Å². The van der Waals surface area contributed by atoms with Crippen LogP contribution < -0.4 is 21.1 Å². The molecule has 3 amide bonds. The van der Waals surface area contributed by atoms with Gasteiger partial charge in [0.15, 0.2) is 6.61 Å². The highest BCUT2D eigenvalue weighted by Crippen LogP contribution is 2.37. The number of nitrogens with one attached hydrogen (secondary N) is 2. The average Bonchev–Trinajstić information content (AvgIpc) is 2.96. The van der Waals surface area contributed by atoms with Gasteiger partial charge in [-0.3, -0.25) is 9.69 Å². The van der Waals surface area contributed by atoms with E-state index in [2.05, 4.69) is 39.8 Å². The fourth-order valence-electron chi connectivity index (χ4n) is 4.72. The van der Waals surface area contributed by atoms with Gasteiger partial charge in [-0.15, -0.1) is 0 Å². The van der Waals surface area contributed by atoms with E-state index in [1.165, 1.54) is 24.5 Å². The lowest BCUT2D eigenvalue weighted by molar-refractivity contribution is -0.124. The van der Waals surface area contributed by atoms with Crippen LogP contribution in [0.5, 0.6) is 5.75 Å². The molecule has 0 unspecified atom stereocenters. The Balaban J connectivity index is 1.29. The maximum Gasteiger partial charge on any atom is 0.316 e. The van der Waals surface area contributed by atoms with Crippen LogP contribution >= 0.6 is 11.6 Å². The predicted octanol–water partition coefficient (Wildman–Crippen LogP) is 3.52. The van der Waals surface area contributed by atoms with Crippen molar-refractivity contribution in [2.24, 2.45) is 5.73 Å². The number of amides is 3. The summed E-state index contributed by atoms with van der Waals surface area (Å²) in [4.78, 5) is 26.3. The Bertz CT molecular complexity index is 926. The van der Waals surface area contributed by atoms with Crippen molar-refractivity contribution in [2.45, 2.75) is 50.4 Å².